The van der Waals surface area contributed by atoms with Gasteiger partial charge in [0.1, 0.15) is 5.82 Å². The molecule has 0 atom stereocenters. The molecule has 0 fully saturated rings. The molecule has 0 aliphatic heterocycles. The second kappa shape index (κ2) is 4.95. The Morgan fingerprint density at radius 3 is 2.88 bits per heavy atom. The van der Waals surface area contributed by atoms with Gasteiger partial charge in [0, 0.05) is 0 Å². The summed E-state index contributed by atoms with van der Waals surface area (Å²) in [5.74, 6) is -0.532. The molecular weight excluding hydrogens is 219 g/mol. The van der Waals surface area contributed by atoms with Gasteiger partial charge in [-0.1, -0.05) is 24.3 Å². The molecule has 2 aromatic rings. The largest absolute Gasteiger partial charge is 0.466 e. The van der Waals surface area contributed by atoms with Crippen LogP contribution in [0.4, 0.5) is 4.39 Å². The van der Waals surface area contributed by atoms with Crippen LogP contribution in [0.25, 0.3) is 10.8 Å². The molecule has 0 aliphatic rings. The van der Waals surface area contributed by atoms with Crippen LogP contribution in [-0.4, -0.2) is 12.6 Å². The van der Waals surface area contributed by atoms with Crippen LogP contribution < -0.4 is 0 Å². The summed E-state index contributed by atoms with van der Waals surface area (Å²) in [6.45, 7) is 2.15. The summed E-state index contributed by atoms with van der Waals surface area (Å²) >= 11 is 0. The van der Waals surface area contributed by atoms with Crippen LogP contribution in [0.3, 0.4) is 0 Å². The molecule has 2 nitrogen and oxygen atoms in total. The number of hydrogen-bond acceptors (Lipinski definition) is 2. The van der Waals surface area contributed by atoms with Crippen molar-refractivity contribution in [2.75, 3.05) is 6.61 Å². The number of rotatable bonds is 3. The van der Waals surface area contributed by atoms with Gasteiger partial charge in [0.05, 0.1) is 13.0 Å². The van der Waals surface area contributed by atoms with Crippen LogP contribution in [0, 0.1) is 5.82 Å². The highest BCUT2D eigenvalue weighted by molar-refractivity contribution is 5.89. The van der Waals surface area contributed by atoms with Crippen molar-refractivity contribution in [2.45, 2.75) is 13.3 Å². The first kappa shape index (κ1) is 11.6. The van der Waals surface area contributed by atoms with Crippen molar-refractivity contribution < 1.29 is 13.9 Å². The predicted octanol–water partition coefficient (Wildman–Crippen LogP) is 3.08. The van der Waals surface area contributed by atoms with Crippen molar-refractivity contribution in [3.63, 3.8) is 0 Å². The van der Waals surface area contributed by atoms with Crippen LogP contribution in [0.1, 0.15) is 12.5 Å². The van der Waals surface area contributed by atoms with Gasteiger partial charge in [0.15, 0.2) is 0 Å². The van der Waals surface area contributed by atoms with E-state index in [9.17, 15) is 9.18 Å². The van der Waals surface area contributed by atoms with E-state index in [4.69, 9.17) is 4.74 Å². The molecule has 0 spiro atoms. The monoisotopic (exact) mass is 232 g/mol. The topological polar surface area (TPSA) is 26.3 Å². The third-order valence-corrected chi connectivity index (χ3v) is 2.57. The molecule has 0 radical (unpaired) electrons. The highest BCUT2D eigenvalue weighted by atomic mass is 19.1. The summed E-state index contributed by atoms with van der Waals surface area (Å²) in [6, 6.07) is 10.1. The summed E-state index contributed by atoms with van der Waals surface area (Å²) in [6.07, 6.45) is 0.219. The maximum absolute atomic E-state index is 13.1. The Morgan fingerprint density at radius 1 is 1.29 bits per heavy atom. The fourth-order valence-corrected chi connectivity index (χ4v) is 1.84. The van der Waals surface area contributed by atoms with E-state index in [0.717, 1.165) is 16.3 Å². The van der Waals surface area contributed by atoms with E-state index in [1.54, 1.807) is 13.0 Å². The van der Waals surface area contributed by atoms with E-state index < -0.39 is 0 Å². The number of fused-ring (bicyclic) bond motifs is 1. The first-order chi connectivity index (χ1) is 8.20. The summed E-state index contributed by atoms with van der Waals surface area (Å²) in [4.78, 5) is 11.4. The van der Waals surface area contributed by atoms with Crippen molar-refractivity contribution in [1.29, 1.82) is 0 Å². The van der Waals surface area contributed by atoms with E-state index >= 15 is 0 Å². The first-order valence-electron chi connectivity index (χ1n) is 5.53. The Hall–Kier alpha value is -1.90. The number of hydrogen-bond donors (Lipinski definition) is 0. The summed E-state index contributed by atoms with van der Waals surface area (Å²) in [5, 5.41) is 1.69. The fraction of sp³-hybridized carbons (Fsp3) is 0.214. The highest BCUT2D eigenvalue weighted by Gasteiger charge is 2.07. The quantitative estimate of drug-likeness (QED) is 0.760. The van der Waals surface area contributed by atoms with Crippen molar-refractivity contribution in [1.82, 2.24) is 0 Å². The normalized spacial score (nSPS) is 10.5. The SMILES string of the molecule is CCOC(=O)Cc1cccc2cc(F)ccc12. The van der Waals surface area contributed by atoms with Crippen LogP contribution in [-0.2, 0) is 16.0 Å². The highest BCUT2D eigenvalue weighted by Crippen LogP contribution is 2.20. The zero-order chi connectivity index (χ0) is 12.3. The lowest BCUT2D eigenvalue weighted by atomic mass is 10.0. The molecule has 0 heterocycles. The molecule has 17 heavy (non-hydrogen) atoms. The molecule has 0 bridgehead atoms. The number of ether oxygens (including phenoxy) is 1. The number of esters is 1. The second-order valence-corrected chi connectivity index (χ2v) is 3.76. The Balaban J connectivity index is 2.37. The van der Waals surface area contributed by atoms with E-state index in [1.807, 2.05) is 18.2 Å². The zero-order valence-corrected chi connectivity index (χ0v) is 9.57. The lowest BCUT2D eigenvalue weighted by Gasteiger charge is -2.06. The van der Waals surface area contributed by atoms with Crippen LogP contribution in [0.2, 0.25) is 0 Å². The summed E-state index contributed by atoms with van der Waals surface area (Å²) in [7, 11) is 0. The minimum atomic E-state index is -0.272. The van der Waals surface area contributed by atoms with Gasteiger partial charge in [0.2, 0.25) is 0 Å². The average molecular weight is 232 g/mol. The average Bonchev–Trinajstić information content (AvgIpc) is 2.29. The fourth-order valence-electron chi connectivity index (χ4n) is 1.84. The number of carbonyl (C=O) groups excluding carboxylic acids is 1. The third kappa shape index (κ3) is 2.61. The van der Waals surface area contributed by atoms with Crippen molar-refractivity contribution in [2.24, 2.45) is 0 Å². The Labute approximate surface area is 99.0 Å². The zero-order valence-electron chi connectivity index (χ0n) is 9.57. The number of halogens is 1. The van der Waals surface area contributed by atoms with Gasteiger partial charge in [0.25, 0.3) is 0 Å². The molecule has 0 amide bonds. The molecule has 2 rings (SSSR count). The summed E-state index contributed by atoms with van der Waals surface area (Å²) in [5.41, 5.74) is 0.862. The number of benzene rings is 2. The number of carbonyl (C=O) groups is 1. The van der Waals surface area contributed by atoms with Crippen LogP contribution in [0.5, 0.6) is 0 Å². The van der Waals surface area contributed by atoms with E-state index in [0.29, 0.717) is 6.61 Å². The molecule has 0 saturated carbocycles. The van der Waals surface area contributed by atoms with E-state index in [1.165, 1.54) is 12.1 Å². The minimum absolute atomic E-state index is 0.219. The molecule has 0 aromatic heterocycles. The van der Waals surface area contributed by atoms with Gasteiger partial charge in [-0.2, -0.15) is 0 Å². The molecule has 0 N–H and O–H groups in total. The van der Waals surface area contributed by atoms with Gasteiger partial charge < -0.3 is 4.74 Å². The lowest BCUT2D eigenvalue weighted by Crippen LogP contribution is -2.07. The van der Waals surface area contributed by atoms with Gasteiger partial charge in [-0.15, -0.1) is 0 Å². The van der Waals surface area contributed by atoms with Gasteiger partial charge in [-0.3, -0.25) is 4.79 Å². The van der Waals surface area contributed by atoms with E-state index in [-0.39, 0.29) is 18.2 Å². The van der Waals surface area contributed by atoms with Gasteiger partial charge >= 0.3 is 5.97 Å². The predicted molar refractivity (Wildman–Crippen MR) is 64.2 cm³/mol. The van der Waals surface area contributed by atoms with Gasteiger partial charge in [-0.05, 0) is 35.4 Å². The van der Waals surface area contributed by atoms with Crippen molar-refractivity contribution in [3.8, 4) is 0 Å². The standard InChI is InChI=1S/C14H13FO2/c1-2-17-14(16)9-11-5-3-4-10-8-12(15)6-7-13(10)11/h3-8H,2,9H2,1H3. The Morgan fingerprint density at radius 2 is 2.12 bits per heavy atom. The lowest BCUT2D eigenvalue weighted by molar-refractivity contribution is -0.142. The maximum atomic E-state index is 13.1. The van der Waals surface area contributed by atoms with Crippen LogP contribution >= 0.6 is 0 Å². The summed E-state index contributed by atoms with van der Waals surface area (Å²) < 4.78 is 18.0. The molecule has 0 unspecified atom stereocenters. The van der Waals surface area contributed by atoms with E-state index in [2.05, 4.69) is 0 Å². The second-order valence-electron chi connectivity index (χ2n) is 3.76. The smallest absolute Gasteiger partial charge is 0.310 e. The van der Waals surface area contributed by atoms with Crippen LogP contribution in [0.15, 0.2) is 36.4 Å². The van der Waals surface area contributed by atoms with Crippen molar-refractivity contribution >= 4 is 16.7 Å². The molecule has 88 valence electrons. The molecular formula is C14H13FO2. The first-order valence-corrected chi connectivity index (χ1v) is 5.53. The Kier molecular flexibility index (Phi) is 3.38. The minimum Gasteiger partial charge on any atom is -0.466 e. The maximum Gasteiger partial charge on any atom is 0.310 e. The molecule has 0 aliphatic carbocycles. The Bertz CT molecular complexity index is 549. The third-order valence-electron chi connectivity index (χ3n) is 2.57. The molecule has 3 heteroatoms. The van der Waals surface area contributed by atoms with Crippen molar-refractivity contribution in [3.05, 3.63) is 47.8 Å². The molecule has 2 aromatic carbocycles. The molecule has 0 saturated heterocycles. The van der Waals surface area contributed by atoms with Gasteiger partial charge in [-0.25, -0.2) is 4.39 Å².